The van der Waals surface area contributed by atoms with Crippen LogP contribution in [0.4, 0.5) is 0 Å². The molecule has 0 saturated heterocycles. The van der Waals surface area contributed by atoms with E-state index in [2.05, 4.69) is 6.92 Å². The van der Waals surface area contributed by atoms with Gasteiger partial charge in [0.15, 0.2) is 0 Å². The average molecular weight is 231 g/mol. The van der Waals surface area contributed by atoms with Gasteiger partial charge in [-0.3, -0.25) is 0 Å². The van der Waals surface area contributed by atoms with Crippen LogP contribution in [0.5, 0.6) is 0 Å². The molecule has 0 heterocycles. The average Bonchev–Trinajstić information content (AvgIpc) is 2.89. The SMILES string of the molecule is CC1(C(O)c2cccc(Cl)c2Cl)CC1. The Hall–Kier alpha value is -0.240. The van der Waals surface area contributed by atoms with Crippen molar-refractivity contribution in [2.75, 3.05) is 0 Å². The molecule has 1 aliphatic carbocycles. The maximum atomic E-state index is 10.1. The minimum Gasteiger partial charge on any atom is -0.388 e. The zero-order chi connectivity index (χ0) is 10.3. The lowest BCUT2D eigenvalue weighted by Crippen LogP contribution is -2.10. The van der Waals surface area contributed by atoms with Crippen molar-refractivity contribution in [2.45, 2.75) is 25.9 Å². The van der Waals surface area contributed by atoms with Crippen molar-refractivity contribution >= 4 is 23.2 Å². The van der Waals surface area contributed by atoms with Crippen LogP contribution in [-0.2, 0) is 0 Å². The second kappa shape index (κ2) is 3.41. The van der Waals surface area contributed by atoms with Crippen LogP contribution >= 0.6 is 23.2 Å². The quantitative estimate of drug-likeness (QED) is 0.820. The van der Waals surface area contributed by atoms with Crippen LogP contribution in [0.15, 0.2) is 18.2 Å². The largest absolute Gasteiger partial charge is 0.388 e. The van der Waals surface area contributed by atoms with Gasteiger partial charge in [-0.15, -0.1) is 0 Å². The molecule has 76 valence electrons. The summed E-state index contributed by atoms with van der Waals surface area (Å²) in [6.07, 6.45) is 1.61. The van der Waals surface area contributed by atoms with Gasteiger partial charge in [0.25, 0.3) is 0 Å². The maximum absolute atomic E-state index is 10.1. The van der Waals surface area contributed by atoms with E-state index >= 15 is 0 Å². The Kier molecular flexibility index (Phi) is 2.50. The summed E-state index contributed by atoms with van der Waals surface area (Å²) in [7, 11) is 0. The number of hydrogen-bond donors (Lipinski definition) is 1. The third-order valence-corrected chi connectivity index (χ3v) is 3.81. The maximum Gasteiger partial charge on any atom is 0.0858 e. The Bertz CT molecular complexity index is 358. The predicted octanol–water partition coefficient (Wildman–Crippen LogP) is 3.83. The van der Waals surface area contributed by atoms with Gasteiger partial charge < -0.3 is 5.11 Å². The van der Waals surface area contributed by atoms with Crippen LogP contribution in [0, 0.1) is 5.41 Å². The van der Waals surface area contributed by atoms with Gasteiger partial charge in [0.05, 0.1) is 16.1 Å². The molecule has 2 rings (SSSR count). The molecule has 1 saturated carbocycles. The summed E-state index contributed by atoms with van der Waals surface area (Å²) in [4.78, 5) is 0. The van der Waals surface area contributed by atoms with Crippen LogP contribution < -0.4 is 0 Å². The molecule has 1 fully saturated rings. The Labute approximate surface area is 93.7 Å². The summed E-state index contributed by atoms with van der Waals surface area (Å²) in [6, 6.07) is 5.39. The molecule has 1 aromatic carbocycles. The highest BCUT2D eigenvalue weighted by Crippen LogP contribution is 2.55. The normalized spacial score (nSPS) is 20.6. The second-order valence-corrected chi connectivity index (χ2v) is 4.98. The fraction of sp³-hybridized carbons (Fsp3) is 0.455. The van der Waals surface area contributed by atoms with E-state index in [0.717, 1.165) is 18.4 Å². The highest BCUT2D eigenvalue weighted by Gasteiger charge is 2.45. The topological polar surface area (TPSA) is 20.2 Å². The zero-order valence-electron chi connectivity index (χ0n) is 7.93. The van der Waals surface area contributed by atoms with Crippen LogP contribution in [-0.4, -0.2) is 5.11 Å². The van der Waals surface area contributed by atoms with Gasteiger partial charge in [0.2, 0.25) is 0 Å². The van der Waals surface area contributed by atoms with Crippen LogP contribution in [0.1, 0.15) is 31.4 Å². The number of aliphatic hydroxyl groups is 1. The Morgan fingerprint density at radius 3 is 2.57 bits per heavy atom. The lowest BCUT2D eigenvalue weighted by Gasteiger charge is -2.19. The Morgan fingerprint density at radius 1 is 1.36 bits per heavy atom. The fourth-order valence-corrected chi connectivity index (χ4v) is 1.99. The summed E-state index contributed by atoms with van der Waals surface area (Å²) in [5.41, 5.74) is 0.757. The molecule has 0 amide bonds. The zero-order valence-corrected chi connectivity index (χ0v) is 9.44. The first-order valence-corrected chi connectivity index (χ1v) is 5.42. The lowest BCUT2D eigenvalue weighted by atomic mass is 9.95. The molecule has 1 nitrogen and oxygen atoms in total. The summed E-state index contributed by atoms with van der Waals surface area (Å²) in [5.74, 6) is 0. The molecule has 1 N–H and O–H groups in total. The summed E-state index contributed by atoms with van der Waals surface area (Å²) < 4.78 is 0. The van der Waals surface area contributed by atoms with Crippen molar-refractivity contribution in [2.24, 2.45) is 5.41 Å². The first-order chi connectivity index (χ1) is 6.54. The number of halogens is 2. The Morgan fingerprint density at radius 2 is 2.00 bits per heavy atom. The highest BCUT2D eigenvalue weighted by atomic mass is 35.5. The van der Waals surface area contributed by atoms with Crippen molar-refractivity contribution in [1.82, 2.24) is 0 Å². The third-order valence-electron chi connectivity index (χ3n) is 2.97. The van der Waals surface area contributed by atoms with Crippen molar-refractivity contribution in [3.8, 4) is 0 Å². The smallest absolute Gasteiger partial charge is 0.0858 e. The molecule has 1 atom stereocenters. The Balaban J connectivity index is 2.36. The third kappa shape index (κ3) is 1.65. The van der Waals surface area contributed by atoms with Crippen LogP contribution in [0.25, 0.3) is 0 Å². The summed E-state index contributed by atoms with van der Waals surface area (Å²) in [5, 5.41) is 11.1. The van der Waals surface area contributed by atoms with Gasteiger partial charge in [-0.05, 0) is 24.3 Å². The van der Waals surface area contributed by atoms with Gasteiger partial charge >= 0.3 is 0 Å². The first kappa shape index (κ1) is 10.3. The van der Waals surface area contributed by atoms with Gasteiger partial charge in [-0.2, -0.15) is 0 Å². The van der Waals surface area contributed by atoms with E-state index in [4.69, 9.17) is 23.2 Å². The molecular weight excluding hydrogens is 219 g/mol. The van der Waals surface area contributed by atoms with Crippen molar-refractivity contribution in [3.05, 3.63) is 33.8 Å². The fourth-order valence-electron chi connectivity index (χ4n) is 1.58. The number of rotatable bonds is 2. The lowest BCUT2D eigenvalue weighted by molar-refractivity contribution is 0.104. The summed E-state index contributed by atoms with van der Waals surface area (Å²) >= 11 is 11.9. The molecule has 1 aliphatic rings. The van der Waals surface area contributed by atoms with E-state index in [-0.39, 0.29) is 5.41 Å². The number of benzene rings is 1. The predicted molar refractivity (Wildman–Crippen MR) is 58.8 cm³/mol. The van der Waals surface area contributed by atoms with E-state index in [1.54, 1.807) is 6.07 Å². The van der Waals surface area contributed by atoms with E-state index in [9.17, 15) is 5.11 Å². The number of hydrogen-bond acceptors (Lipinski definition) is 1. The molecule has 0 aliphatic heterocycles. The molecule has 0 bridgehead atoms. The highest BCUT2D eigenvalue weighted by molar-refractivity contribution is 6.42. The van der Waals surface area contributed by atoms with E-state index in [1.165, 1.54) is 0 Å². The van der Waals surface area contributed by atoms with Gasteiger partial charge in [0.1, 0.15) is 0 Å². The molecule has 3 heteroatoms. The van der Waals surface area contributed by atoms with Gasteiger partial charge in [0, 0.05) is 5.56 Å². The van der Waals surface area contributed by atoms with Gasteiger partial charge in [-0.1, -0.05) is 42.3 Å². The minimum absolute atomic E-state index is 0.00826. The molecule has 0 aromatic heterocycles. The molecule has 14 heavy (non-hydrogen) atoms. The molecule has 1 unspecified atom stereocenters. The van der Waals surface area contributed by atoms with Gasteiger partial charge in [-0.25, -0.2) is 0 Å². The minimum atomic E-state index is -0.492. The van der Waals surface area contributed by atoms with Crippen LogP contribution in [0.2, 0.25) is 10.0 Å². The standard InChI is InChI=1S/C11H12Cl2O/c1-11(5-6-11)10(14)7-3-2-4-8(12)9(7)13/h2-4,10,14H,5-6H2,1H3. The van der Waals surface area contributed by atoms with Crippen molar-refractivity contribution in [1.29, 1.82) is 0 Å². The molecule has 0 spiro atoms. The van der Waals surface area contributed by atoms with E-state index < -0.39 is 6.10 Å². The van der Waals surface area contributed by atoms with Crippen LogP contribution in [0.3, 0.4) is 0 Å². The summed E-state index contributed by atoms with van der Waals surface area (Å²) in [6.45, 7) is 2.06. The van der Waals surface area contributed by atoms with E-state index in [0.29, 0.717) is 10.0 Å². The monoisotopic (exact) mass is 230 g/mol. The van der Waals surface area contributed by atoms with E-state index in [1.807, 2.05) is 12.1 Å². The van der Waals surface area contributed by atoms with Crippen molar-refractivity contribution in [3.63, 3.8) is 0 Å². The molecular formula is C11H12Cl2O. The second-order valence-electron chi connectivity index (χ2n) is 4.20. The number of aliphatic hydroxyl groups excluding tert-OH is 1. The molecule has 1 aromatic rings. The van der Waals surface area contributed by atoms with Crippen molar-refractivity contribution < 1.29 is 5.11 Å². The first-order valence-electron chi connectivity index (χ1n) is 4.66. The molecule has 0 radical (unpaired) electrons.